The molecule has 2 aromatic heterocycles. The van der Waals surface area contributed by atoms with Crippen molar-refractivity contribution in [1.82, 2.24) is 19.4 Å². The van der Waals surface area contributed by atoms with Crippen molar-refractivity contribution in [2.24, 2.45) is 0 Å². The number of fused-ring (bicyclic) bond motifs is 3. The van der Waals surface area contributed by atoms with E-state index >= 15 is 0 Å². The van der Waals surface area contributed by atoms with Gasteiger partial charge in [-0.25, -0.2) is 9.78 Å². The number of anilines is 3. The van der Waals surface area contributed by atoms with Crippen LogP contribution in [0.3, 0.4) is 0 Å². The Hall–Kier alpha value is -3.81. The summed E-state index contributed by atoms with van der Waals surface area (Å²) in [5.41, 5.74) is 3.88. The zero-order valence-corrected chi connectivity index (χ0v) is 23.2. The van der Waals surface area contributed by atoms with E-state index in [9.17, 15) is 4.79 Å². The molecular formula is C31H38N6O2. The lowest BCUT2D eigenvalue weighted by Crippen LogP contribution is -2.50. The predicted octanol–water partition coefficient (Wildman–Crippen LogP) is 6.89. The fourth-order valence-electron chi connectivity index (χ4n) is 5.90. The molecular weight excluding hydrogens is 488 g/mol. The minimum absolute atomic E-state index is 0.235. The Kier molecular flexibility index (Phi) is 6.79. The van der Waals surface area contributed by atoms with Gasteiger partial charge in [0.1, 0.15) is 11.2 Å². The number of amides is 1. The van der Waals surface area contributed by atoms with Crippen LogP contribution in [-0.2, 0) is 4.74 Å². The lowest BCUT2D eigenvalue weighted by Gasteiger charge is -2.36. The molecule has 204 valence electrons. The Bertz CT molecular complexity index is 1460. The van der Waals surface area contributed by atoms with Gasteiger partial charge < -0.3 is 24.4 Å². The van der Waals surface area contributed by atoms with E-state index in [0.29, 0.717) is 25.1 Å². The fourth-order valence-corrected chi connectivity index (χ4v) is 5.90. The van der Waals surface area contributed by atoms with Gasteiger partial charge in [-0.05, 0) is 63.9 Å². The number of para-hydroxylation sites is 1. The summed E-state index contributed by atoms with van der Waals surface area (Å²) in [6.07, 6.45) is 8.01. The van der Waals surface area contributed by atoms with Crippen molar-refractivity contribution in [3.63, 3.8) is 0 Å². The largest absolute Gasteiger partial charge is 0.444 e. The fraction of sp³-hybridized carbons (Fsp3) is 0.452. The van der Waals surface area contributed by atoms with E-state index in [1.54, 1.807) is 4.90 Å². The second kappa shape index (κ2) is 10.4. The minimum atomic E-state index is -0.474. The van der Waals surface area contributed by atoms with Gasteiger partial charge in [-0.3, -0.25) is 0 Å². The lowest BCUT2D eigenvalue weighted by molar-refractivity contribution is 0.0240. The van der Waals surface area contributed by atoms with E-state index in [1.807, 2.05) is 27.0 Å². The second-order valence-electron chi connectivity index (χ2n) is 11.7. The first kappa shape index (κ1) is 25.5. The van der Waals surface area contributed by atoms with Crippen LogP contribution in [0.4, 0.5) is 22.1 Å². The summed E-state index contributed by atoms with van der Waals surface area (Å²) in [6.45, 7) is 8.55. The molecule has 1 saturated carbocycles. The molecule has 3 heterocycles. The van der Waals surface area contributed by atoms with Gasteiger partial charge in [0.25, 0.3) is 0 Å². The Morgan fingerprint density at radius 3 is 2.36 bits per heavy atom. The molecule has 1 aliphatic heterocycles. The van der Waals surface area contributed by atoms with Crippen molar-refractivity contribution in [2.75, 3.05) is 36.4 Å². The normalized spacial score (nSPS) is 17.1. The highest BCUT2D eigenvalue weighted by atomic mass is 16.6. The van der Waals surface area contributed by atoms with Crippen LogP contribution in [0, 0.1) is 0 Å². The third-order valence-corrected chi connectivity index (χ3v) is 7.81. The molecule has 0 atom stereocenters. The molecule has 8 heteroatoms. The predicted molar refractivity (Wildman–Crippen MR) is 157 cm³/mol. The third kappa shape index (κ3) is 5.37. The van der Waals surface area contributed by atoms with Crippen LogP contribution in [0.15, 0.2) is 54.7 Å². The molecule has 2 fully saturated rings. The number of hydrogen-bond acceptors (Lipinski definition) is 6. The summed E-state index contributed by atoms with van der Waals surface area (Å²) in [5, 5.41) is 5.76. The van der Waals surface area contributed by atoms with Gasteiger partial charge in [0.2, 0.25) is 5.95 Å². The average Bonchev–Trinajstić information content (AvgIpc) is 3.27. The van der Waals surface area contributed by atoms with Crippen molar-refractivity contribution < 1.29 is 9.53 Å². The molecule has 2 aromatic carbocycles. The monoisotopic (exact) mass is 526 g/mol. The smallest absolute Gasteiger partial charge is 0.410 e. The molecule has 0 unspecified atom stereocenters. The molecule has 1 N–H and O–H groups in total. The van der Waals surface area contributed by atoms with E-state index in [-0.39, 0.29) is 6.09 Å². The maximum Gasteiger partial charge on any atom is 0.410 e. The van der Waals surface area contributed by atoms with E-state index in [2.05, 4.69) is 68.3 Å². The summed E-state index contributed by atoms with van der Waals surface area (Å²) in [7, 11) is 0. The van der Waals surface area contributed by atoms with Crippen LogP contribution < -0.4 is 10.2 Å². The van der Waals surface area contributed by atoms with E-state index in [0.717, 1.165) is 35.5 Å². The number of hydrogen-bond donors (Lipinski definition) is 1. The SMILES string of the molecule is CC(C)(C)OC(=O)N1CCN(c2ccc(Nc3ncc4c5ccccc5n(C5CCCCC5)c4n3)cc2)CC1. The molecule has 0 bridgehead atoms. The number of nitrogens with zero attached hydrogens (tertiary/aromatic N) is 5. The minimum Gasteiger partial charge on any atom is -0.444 e. The average molecular weight is 527 g/mol. The third-order valence-electron chi connectivity index (χ3n) is 7.81. The Balaban J connectivity index is 1.17. The van der Waals surface area contributed by atoms with Gasteiger partial charge in [0, 0.05) is 60.6 Å². The summed E-state index contributed by atoms with van der Waals surface area (Å²) in [4.78, 5) is 26.2. The van der Waals surface area contributed by atoms with Crippen molar-refractivity contribution in [1.29, 1.82) is 0 Å². The molecule has 1 saturated heterocycles. The summed E-state index contributed by atoms with van der Waals surface area (Å²) in [6, 6.07) is 17.5. The van der Waals surface area contributed by atoms with Gasteiger partial charge in [-0.2, -0.15) is 4.98 Å². The van der Waals surface area contributed by atoms with E-state index < -0.39 is 5.60 Å². The Morgan fingerprint density at radius 1 is 0.923 bits per heavy atom. The molecule has 2 aliphatic rings. The van der Waals surface area contributed by atoms with Crippen LogP contribution in [-0.4, -0.2) is 57.3 Å². The zero-order valence-electron chi connectivity index (χ0n) is 23.2. The quantitative estimate of drug-likeness (QED) is 0.312. The van der Waals surface area contributed by atoms with Crippen molar-refractivity contribution in [2.45, 2.75) is 64.5 Å². The van der Waals surface area contributed by atoms with Crippen molar-refractivity contribution >= 4 is 45.4 Å². The maximum absolute atomic E-state index is 12.4. The van der Waals surface area contributed by atoms with Crippen LogP contribution in [0.1, 0.15) is 58.9 Å². The number of aromatic nitrogens is 3. The number of ether oxygens (including phenoxy) is 1. The number of carbonyl (C=O) groups excluding carboxylic acids is 1. The van der Waals surface area contributed by atoms with E-state index in [4.69, 9.17) is 9.72 Å². The van der Waals surface area contributed by atoms with Crippen LogP contribution in [0.5, 0.6) is 0 Å². The van der Waals surface area contributed by atoms with Gasteiger partial charge in [-0.15, -0.1) is 0 Å². The van der Waals surface area contributed by atoms with Gasteiger partial charge in [0.15, 0.2) is 0 Å². The highest BCUT2D eigenvalue weighted by Gasteiger charge is 2.26. The van der Waals surface area contributed by atoms with Crippen LogP contribution >= 0.6 is 0 Å². The highest BCUT2D eigenvalue weighted by molar-refractivity contribution is 6.06. The zero-order chi connectivity index (χ0) is 27.0. The molecule has 4 aromatic rings. The van der Waals surface area contributed by atoms with Gasteiger partial charge in [-0.1, -0.05) is 37.5 Å². The standard InChI is InChI=1S/C31H38N6O2/c1-31(2,3)39-30(38)36-19-17-35(18-20-36)23-15-13-22(14-16-23)33-29-32-21-26-25-11-7-8-12-27(25)37(28(26)34-29)24-9-5-4-6-10-24/h7-8,11-16,21,24H,4-6,9-10,17-20H2,1-3H3,(H,32,33,34). The lowest BCUT2D eigenvalue weighted by atomic mass is 9.95. The molecule has 1 amide bonds. The maximum atomic E-state index is 12.4. The van der Waals surface area contributed by atoms with Gasteiger partial charge >= 0.3 is 6.09 Å². The number of rotatable bonds is 4. The van der Waals surface area contributed by atoms with Crippen LogP contribution in [0.25, 0.3) is 21.9 Å². The number of benzene rings is 2. The van der Waals surface area contributed by atoms with Gasteiger partial charge in [0.05, 0.1) is 5.52 Å². The van der Waals surface area contributed by atoms with Crippen LogP contribution in [0.2, 0.25) is 0 Å². The first-order valence-electron chi connectivity index (χ1n) is 14.2. The van der Waals surface area contributed by atoms with E-state index in [1.165, 1.54) is 43.0 Å². The molecule has 0 radical (unpaired) electrons. The molecule has 1 aliphatic carbocycles. The van der Waals surface area contributed by atoms with Crippen molar-refractivity contribution in [3.8, 4) is 0 Å². The highest BCUT2D eigenvalue weighted by Crippen LogP contribution is 2.37. The number of piperazine rings is 1. The second-order valence-corrected chi connectivity index (χ2v) is 11.7. The molecule has 6 rings (SSSR count). The first-order chi connectivity index (χ1) is 18.9. The molecule has 39 heavy (non-hydrogen) atoms. The van der Waals surface area contributed by atoms with Crippen molar-refractivity contribution in [3.05, 3.63) is 54.7 Å². The number of nitrogens with one attached hydrogen (secondary N) is 1. The summed E-state index contributed by atoms with van der Waals surface area (Å²) >= 11 is 0. The Morgan fingerprint density at radius 2 is 1.64 bits per heavy atom. The first-order valence-corrected chi connectivity index (χ1v) is 14.2. The number of carbonyl (C=O) groups is 1. The Labute approximate surface area is 230 Å². The topological polar surface area (TPSA) is 75.5 Å². The molecule has 8 nitrogen and oxygen atoms in total. The summed E-state index contributed by atoms with van der Waals surface area (Å²) < 4.78 is 7.98. The summed E-state index contributed by atoms with van der Waals surface area (Å²) in [5.74, 6) is 0.612. The molecule has 0 spiro atoms.